The first-order chi connectivity index (χ1) is 12.4. The van der Waals surface area contributed by atoms with Crippen LogP contribution < -0.4 is 0 Å². The predicted octanol–water partition coefficient (Wildman–Crippen LogP) is 2.48. The number of benzene rings is 1. The number of hydrogen-bond donors (Lipinski definition) is 1. The van der Waals surface area contributed by atoms with E-state index in [2.05, 4.69) is 5.10 Å². The van der Waals surface area contributed by atoms with Crippen molar-refractivity contribution in [1.29, 1.82) is 0 Å². The van der Waals surface area contributed by atoms with Gasteiger partial charge in [0.2, 0.25) is 0 Å². The number of carbonyl (C=O) groups is 2. The maximum atomic E-state index is 13.9. The number of halogens is 2. The second kappa shape index (κ2) is 5.89. The molecule has 2 atom stereocenters. The molecule has 1 amide bonds. The van der Waals surface area contributed by atoms with E-state index in [1.54, 1.807) is 0 Å². The molecule has 2 aliphatic rings. The molecular formula is C18H17F2N3O3. The number of carbonyl (C=O) groups excluding carboxylic acids is 1. The molecule has 1 aliphatic heterocycles. The highest BCUT2D eigenvalue weighted by molar-refractivity contribution is 5.93. The number of amides is 1. The van der Waals surface area contributed by atoms with Crippen LogP contribution in [0.15, 0.2) is 30.5 Å². The molecule has 4 rings (SSSR count). The van der Waals surface area contributed by atoms with Gasteiger partial charge in [-0.25, -0.2) is 13.5 Å². The molecule has 2 aromatic rings. The van der Waals surface area contributed by atoms with Gasteiger partial charge in [-0.05, 0) is 37.0 Å². The zero-order chi connectivity index (χ0) is 18.5. The zero-order valence-corrected chi connectivity index (χ0v) is 13.9. The Balaban J connectivity index is 1.57. The molecular weight excluding hydrogens is 344 g/mol. The Morgan fingerprint density at radius 1 is 1.27 bits per heavy atom. The van der Waals surface area contributed by atoms with E-state index in [-0.39, 0.29) is 29.8 Å². The molecule has 1 aromatic carbocycles. The van der Waals surface area contributed by atoms with E-state index >= 15 is 0 Å². The van der Waals surface area contributed by atoms with Crippen LogP contribution in [-0.2, 0) is 4.79 Å². The molecule has 2 fully saturated rings. The third-order valence-electron chi connectivity index (χ3n) is 5.55. The van der Waals surface area contributed by atoms with E-state index < -0.39 is 23.0 Å². The average molecular weight is 361 g/mol. The van der Waals surface area contributed by atoms with Crippen molar-refractivity contribution in [3.63, 3.8) is 0 Å². The third kappa shape index (κ3) is 2.48. The Labute approximate surface area is 148 Å². The summed E-state index contributed by atoms with van der Waals surface area (Å²) in [5.41, 5.74) is -0.721. The lowest BCUT2D eigenvalue weighted by Crippen LogP contribution is -2.37. The van der Waals surface area contributed by atoms with E-state index in [0.29, 0.717) is 13.0 Å². The fourth-order valence-corrected chi connectivity index (χ4v) is 4.19. The van der Waals surface area contributed by atoms with E-state index in [9.17, 15) is 23.5 Å². The van der Waals surface area contributed by atoms with Crippen molar-refractivity contribution in [2.45, 2.75) is 19.3 Å². The molecule has 1 saturated heterocycles. The molecule has 2 heterocycles. The molecule has 1 aromatic heterocycles. The summed E-state index contributed by atoms with van der Waals surface area (Å²) in [5, 5.41) is 13.7. The zero-order valence-electron chi connectivity index (χ0n) is 13.9. The van der Waals surface area contributed by atoms with Crippen molar-refractivity contribution in [3.05, 3.63) is 47.8 Å². The molecule has 8 heteroatoms. The number of likely N-dealkylation sites (tertiary alicyclic amines) is 1. The van der Waals surface area contributed by atoms with Gasteiger partial charge in [0.1, 0.15) is 11.5 Å². The Kier molecular flexibility index (Phi) is 3.78. The quantitative estimate of drug-likeness (QED) is 0.911. The summed E-state index contributed by atoms with van der Waals surface area (Å²) in [4.78, 5) is 26.0. The van der Waals surface area contributed by atoms with Gasteiger partial charge in [-0.2, -0.15) is 5.10 Å². The Morgan fingerprint density at radius 2 is 2.08 bits per heavy atom. The molecule has 136 valence electrons. The number of aliphatic carboxylic acids is 1. The van der Waals surface area contributed by atoms with Gasteiger partial charge >= 0.3 is 5.97 Å². The maximum Gasteiger partial charge on any atom is 0.311 e. The number of nitrogens with zero attached hydrogens (tertiary/aromatic N) is 3. The number of carboxylic acid groups (broad SMARTS) is 1. The lowest BCUT2D eigenvalue weighted by molar-refractivity contribution is -0.149. The summed E-state index contributed by atoms with van der Waals surface area (Å²) in [7, 11) is 0. The van der Waals surface area contributed by atoms with Crippen LogP contribution in [0.1, 0.15) is 29.8 Å². The van der Waals surface area contributed by atoms with Gasteiger partial charge in [-0.3, -0.25) is 9.59 Å². The van der Waals surface area contributed by atoms with Gasteiger partial charge in [0.15, 0.2) is 11.5 Å². The summed E-state index contributed by atoms with van der Waals surface area (Å²) < 4.78 is 28.1. The summed E-state index contributed by atoms with van der Waals surface area (Å²) in [6, 6.07) is 4.55. The van der Waals surface area contributed by atoms with Gasteiger partial charge in [0, 0.05) is 25.4 Å². The van der Waals surface area contributed by atoms with Gasteiger partial charge in [0.05, 0.1) is 5.41 Å². The highest BCUT2D eigenvalue weighted by atomic mass is 19.1. The van der Waals surface area contributed by atoms with Crippen LogP contribution in [0.5, 0.6) is 0 Å². The smallest absolute Gasteiger partial charge is 0.311 e. The van der Waals surface area contributed by atoms with E-state index in [4.69, 9.17) is 0 Å². The second-order valence-electron chi connectivity index (χ2n) is 6.98. The normalized spacial score (nSPS) is 24.7. The highest BCUT2D eigenvalue weighted by Crippen LogP contribution is 2.49. The van der Waals surface area contributed by atoms with Gasteiger partial charge in [0.25, 0.3) is 5.91 Å². The predicted molar refractivity (Wildman–Crippen MR) is 86.8 cm³/mol. The van der Waals surface area contributed by atoms with Crippen molar-refractivity contribution in [2.24, 2.45) is 11.3 Å². The first-order valence-corrected chi connectivity index (χ1v) is 8.44. The second-order valence-corrected chi connectivity index (χ2v) is 6.98. The van der Waals surface area contributed by atoms with Crippen LogP contribution in [0.4, 0.5) is 8.78 Å². The molecule has 1 saturated carbocycles. The molecule has 0 unspecified atom stereocenters. The topological polar surface area (TPSA) is 75.4 Å². The fourth-order valence-electron chi connectivity index (χ4n) is 4.19. The summed E-state index contributed by atoms with van der Waals surface area (Å²) in [6.45, 7) is 0.562. The minimum absolute atomic E-state index is 0.0331. The number of hydrogen-bond acceptors (Lipinski definition) is 3. The van der Waals surface area contributed by atoms with E-state index in [1.807, 2.05) is 0 Å². The van der Waals surface area contributed by atoms with Gasteiger partial charge in [-0.1, -0.05) is 6.42 Å². The minimum atomic E-state index is -0.860. The van der Waals surface area contributed by atoms with Crippen LogP contribution in [0.2, 0.25) is 0 Å². The van der Waals surface area contributed by atoms with Crippen LogP contribution >= 0.6 is 0 Å². The van der Waals surface area contributed by atoms with Crippen molar-refractivity contribution >= 4 is 11.9 Å². The number of fused-ring (bicyclic) bond motifs is 1. The molecule has 0 radical (unpaired) electrons. The summed E-state index contributed by atoms with van der Waals surface area (Å²) >= 11 is 0. The van der Waals surface area contributed by atoms with Crippen LogP contribution in [0.3, 0.4) is 0 Å². The lowest BCUT2D eigenvalue weighted by atomic mass is 9.81. The largest absolute Gasteiger partial charge is 0.481 e. The standard InChI is InChI=1S/C18H17F2N3O3/c19-12-3-4-15(13(20)8-12)23-7-5-14(21-23)16(24)22-9-11-2-1-6-18(11,10-22)17(25)26/h3-5,7-8,11H,1-2,6,9-10H2,(H,25,26)/t11-,18+/m0/s1. The van der Waals surface area contributed by atoms with E-state index in [0.717, 1.165) is 25.0 Å². The molecule has 0 bridgehead atoms. The first-order valence-electron chi connectivity index (χ1n) is 8.44. The molecule has 1 aliphatic carbocycles. The Morgan fingerprint density at radius 3 is 2.77 bits per heavy atom. The van der Waals surface area contributed by atoms with Crippen molar-refractivity contribution in [1.82, 2.24) is 14.7 Å². The minimum Gasteiger partial charge on any atom is -0.481 e. The number of aromatic nitrogens is 2. The maximum absolute atomic E-state index is 13.9. The summed E-state index contributed by atoms with van der Waals surface area (Å²) in [6.07, 6.45) is 3.65. The molecule has 1 N–H and O–H groups in total. The number of carboxylic acids is 1. The Hall–Kier alpha value is -2.77. The van der Waals surface area contributed by atoms with E-state index in [1.165, 1.54) is 27.9 Å². The van der Waals surface area contributed by atoms with Gasteiger partial charge in [-0.15, -0.1) is 0 Å². The lowest BCUT2D eigenvalue weighted by Gasteiger charge is -2.23. The average Bonchev–Trinajstić information content (AvgIpc) is 3.28. The molecule has 0 spiro atoms. The highest BCUT2D eigenvalue weighted by Gasteiger charge is 2.56. The fraction of sp³-hybridized carbons (Fsp3) is 0.389. The molecule has 26 heavy (non-hydrogen) atoms. The van der Waals surface area contributed by atoms with Crippen molar-refractivity contribution in [3.8, 4) is 5.69 Å². The monoisotopic (exact) mass is 361 g/mol. The molecule has 6 nitrogen and oxygen atoms in total. The van der Waals surface area contributed by atoms with Crippen LogP contribution in [-0.4, -0.2) is 44.8 Å². The Bertz CT molecular complexity index is 898. The number of rotatable bonds is 3. The van der Waals surface area contributed by atoms with Gasteiger partial charge < -0.3 is 10.0 Å². The first kappa shape index (κ1) is 16.7. The SMILES string of the molecule is O=C(c1ccn(-c2ccc(F)cc2F)n1)N1C[C@@H]2CCC[C@@]2(C(=O)O)C1. The summed E-state index contributed by atoms with van der Waals surface area (Å²) in [5.74, 6) is -2.75. The van der Waals surface area contributed by atoms with Crippen LogP contribution in [0, 0.1) is 23.0 Å². The third-order valence-corrected chi connectivity index (χ3v) is 5.55. The van der Waals surface area contributed by atoms with Crippen molar-refractivity contribution in [2.75, 3.05) is 13.1 Å². The van der Waals surface area contributed by atoms with Crippen LogP contribution in [0.25, 0.3) is 5.69 Å². The van der Waals surface area contributed by atoms with Crippen molar-refractivity contribution < 1.29 is 23.5 Å².